The molecular weight excluding hydrogens is 240 g/mol. The topological polar surface area (TPSA) is 56.6 Å². The summed E-state index contributed by atoms with van der Waals surface area (Å²) in [5.41, 5.74) is 1.40. The SMILES string of the molecule is OCc1cc(N2CCC3(O)CCCCC3C2)ccn1. The largest absolute Gasteiger partial charge is 0.390 e. The number of hydrogen-bond acceptors (Lipinski definition) is 4. The van der Waals surface area contributed by atoms with E-state index in [1.807, 2.05) is 12.1 Å². The fraction of sp³-hybridized carbons (Fsp3) is 0.667. The van der Waals surface area contributed by atoms with Gasteiger partial charge in [0.15, 0.2) is 0 Å². The molecule has 2 heterocycles. The highest BCUT2D eigenvalue weighted by atomic mass is 16.3. The molecule has 1 aliphatic heterocycles. The molecule has 0 radical (unpaired) electrons. The summed E-state index contributed by atoms with van der Waals surface area (Å²) in [7, 11) is 0. The van der Waals surface area contributed by atoms with Gasteiger partial charge in [-0.2, -0.15) is 0 Å². The smallest absolute Gasteiger partial charge is 0.0853 e. The Morgan fingerprint density at radius 1 is 1.37 bits per heavy atom. The zero-order chi connectivity index (χ0) is 13.3. The average Bonchev–Trinajstić information content (AvgIpc) is 2.46. The van der Waals surface area contributed by atoms with Crippen LogP contribution in [0.1, 0.15) is 37.8 Å². The van der Waals surface area contributed by atoms with Gasteiger partial charge in [0, 0.05) is 30.9 Å². The minimum absolute atomic E-state index is 0.0188. The molecule has 2 N–H and O–H groups in total. The number of hydrogen-bond donors (Lipinski definition) is 2. The standard InChI is InChI=1S/C15H22N2O2/c18-11-13-9-14(4-7-16-13)17-8-6-15(19)5-2-1-3-12(15)10-17/h4,7,9,12,18-19H,1-3,5-6,8,10-11H2. The number of rotatable bonds is 2. The van der Waals surface area contributed by atoms with Gasteiger partial charge in [-0.25, -0.2) is 0 Å². The fourth-order valence-electron chi connectivity index (χ4n) is 3.55. The first-order valence-corrected chi connectivity index (χ1v) is 7.24. The number of nitrogens with zero attached hydrogens (tertiary/aromatic N) is 2. The maximum Gasteiger partial charge on any atom is 0.0853 e. The van der Waals surface area contributed by atoms with E-state index < -0.39 is 5.60 Å². The van der Waals surface area contributed by atoms with Gasteiger partial charge in [-0.1, -0.05) is 12.8 Å². The van der Waals surface area contributed by atoms with Crippen LogP contribution in [0.3, 0.4) is 0 Å². The molecule has 2 unspecified atom stereocenters. The van der Waals surface area contributed by atoms with Crippen molar-refractivity contribution in [2.75, 3.05) is 18.0 Å². The molecule has 2 atom stereocenters. The Labute approximate surface area is 114 Å². The number of pyridine rings is 1. The van der Waals surface area contributed by atoms with Crippen LogP contribution in [0.15, 0.2) is 18.3 Å². The molecule has 4 nitrogen and oxygen atoms in total. The van der Waals surface area contributed by atoms with Gasteiger partial charge in [0.1, 0.15) is 0 Å². The van der Waals surface area contributed by atoms with Gasteiger partial charge in [0.05, 0.1) is 17.9 Å². The van der Waals surface area contributed by atoms with Gasteiger partial charge >= 0.3 is 0 Å². The molecular formula is C15H22N2O2. The molecule has 2 aliphatic rings. The maximum absolute atomic E-state index is 10.7. The Morgan fingerprint density at radius 3 is 3.11 bits per heavy atom. The second-order valence-corrected chi connectivity index (χ2v) is 5.91. The zero-order valence-corrected chi connectivity index (χ0v) is 11.3. The summed E-state index contributed by atoms with van der Waals surface area (Å²) in [6, 6.07) is 3.94. The molecule has 0 bridgehead atoms. The summed E-state index contributed by atoms with van der Waals surface area (Å²) in [4.78, 5) is 6.45. The van der Waals surface area contributed by atoms with Crippen molar-refractivity contribution in [3.8, 4) is 0 Å². The van der Waals surface area contributed by atoms with E-state index in [1.54, 1.807) is 6.20 Å². The predicted molar refractivity (Wildman–Crippen MR) is 73.9 cm³/mol. The summed E-state index contributed by atoms with van der Waals surface area (Å²) in [6.45, 7) is 1.79. The highest BCUT2D eigenvalue weighted by molar-refractivity contribution is 5.47. The van der Waals surface area contributed by atoms with Crippen LogP contribution in [0.5, 0.6) is 0 Å². The van der Waals surface area contributed by atoms with Crippen LogP contribution >= 0.6 is 0 Å². The highest BCUT2D eigenvalue weighted by Gasteiger charge is 2.42. The van der Waals surface area contributed by atoms with Crippen molar-refractivity contribution in [1.82, 2.24) is 4.98 Å². The summed E-state index contributed by atoms with van der Waals surface area (Å²) >= 11 is 0. The lowest BCUT2D eigenvalue weighted by Gasteiger charge is -2.48. The van der Waals surface area contributed by atoms with E-state index in [-0.39, 0.29) is 6.61 Å². The fourth-order valence-corrected chi connectivity index (χ4v) is 3.55. The van der Waals surface area contributed by atoms with Crippen molar-refractivity contribution in [2.45, 2.75) is 44.3 Å². The van der Waals surface area contributed by atoms with Crippen molar-refractivity contribution in [3.63, 3.8) is 0 Å². The number of aliphatic hydroxyl groups is 2. The quantitative estimate of drug-likeness (QED) is 0.852. The Kier molecular flexibility index (Phi) is 3.46. The third-order valence-corrected chi connectivity index (χ3v) is 4.75. The van der Waals surface area contributed by atoms with E-state index in [1.165, 1.54) is 6.42 Å². The molecule has 104 valence electrons. The number of anilines is 1. The summed E-state index contributed by atoms with van der Waals surface area (Å²) in [5, 5.41) is 19.8. The lowest BCUT2D eigenvalue weighted by Crippen LogP contribution is -2.53. The molecule has 1 saturated carbocycles. The molecule has 1 saturated heterocycles. The van der Waals surface area contributed by atoms with E-state index in [4.69, 9.17) is 5.11 Å². The predicted octanol–water partition coefficient (Wildman–Crippen LogP) is 1.71. The van der Waals surface area contributed by atoms with Gasteiger partial charge in [0.25, 0.3) is 0 Å². The van der Waals surface area contributed by atoms with Crippen LogP contribution < -0.4 is 4.90 Å². The third-order valence-electron chi connectivity index (χ3n) is 4.75. The monoisotopic (exact) mass is 262 g/mol. The van der Waals surface area contributed by atoms with E-state index in [0.29, 0.717) is 11.6 Å². The van der Waals surface area contributed by atoms with Crippen molar-refractivity contribution in [3.05, 3.63) is 24.0 Å². The van der Waals surface area contributed by atoms with E-state index in [2.05, 4.69) is 9.88 Å². The maximum atomic E-state index is 10.7. The summed E-state index contributed by atoms with van der Waals surface area (Å²) in [6.07, 6.45) is 7.10. The first-order chi connectivity index (χ1) is 9.21. The van der Waals surface area contributed by atoms with Crippen molar-refractivity contribution in [2.24, 2.45) is 5.92 Å². The first-order valence-electron chi connectivity index (χ1n) is 7.24. The van der Waals surface area contributed by atoms with Gasteiger partial charge < -0.3 is 15.1 Å². The second kappa shape index (κ2) is 5.10. The molecule has 19 heavy (non-hydrogen) atoms. The van der Waals surface area contributed by atoms with Crippen LogP contribution in [0.25, 0.3) is 0 Å². The Balaban J connectivity index is 1.76. The minimum atomic E-state index is -0.429. The molecule has 0 amide bonds. The normalized spacial score (nSPS) is 31.1. The Hall–Kier alpha value is -1.13. The number of aliphatic hydroxyl groups excluding tert-OH is 1. The van der Waals surface area contributed by atoms with Gasteiger partial charge in [-0.15, -0.1) is 0 Å². The Morgan fingerprint density at radius 2 is 2.26 bits per heavy atom. The van der Waals surface area contributed by atoms with Crippen LogP contribution in [0.4, 0.5) is 5.69 Å². The molecule has 1 aromatic heterocycles. The van der Waals surface area contributed by atoms with Crippen LogP contribution in [-0.4, -0.2) is 33.9 Å². The van der Waals surface area contributed by atoms with Gasteiger partial charge in [-0.05, 0) is 31.4 Å². The lowest BCUT2D eigenvalue weighted by atomic mass is 9.71. The molecule has 4 heteroatoms. The van der Waals surface area contributed by atoms with E-state index in [0.717, 1.165) is 44.5 Å². The number of piperidine rings is 1. The van der Waals surface area contributed by atoms with Gasteiger partial charge in [0.2, 0.25) is 0 Å². The van der Waals surface area contributed by atoms with E-state index in [9.17, 15) is 5.11 Å². The van der Waals surface area contributed by atoms with Crippen molar-refractivity contribution < 1.29 is 10.2 Å². The highest BCUT2D eigenvalue weighted by Crippen LogP contribution is 2.40. The summed E-state index contributed by atoms with van der Waals surface area (Å²) < 4.78 is 0. The molecule has 1 aliphatic carbocycles. The average molecular weight is 262 g/mol. The van der Waals surface area contributed by atoms with Crippen molar-refractivity contribution in [1.29, 1.82) is 0 Å². The lowest BCUT2D eigenvalue weighted by molar-refractivity contribution is -0.0612. The number of aromatic nitrogens is 1. The Bertz CT molecular complexity index is 452. The molecule has 0 aromatic carbocycles. The molecule has 3 rings (SSSR count). The summed E-state index contributed by atoms with van der Waals surface area (Å²) in [5.74, 6) is 0.390. The minimum Gasteiger partial charge on any atom is -0.390 e. The molecule has 1 aromatic rings. The number of fused-ring (bicyclic) bond motifs is 1. The zero-order valence-electron chi connectivity index (χ0n) is 11.3. The van der Waals surface area contributed by atoms with Gasteiger partial charge in [-0.3, -0.25) is 4.98 Å². The molecule has 0 spiro atoms. The third kappa shape index (κ3) is 2.47. The second-order valence-electron chi connectivity index (χ2n) is 5.91. The van der Waals surface area contributed by atoms with Crippen LogP contribution in [-0.2, 0) is 6.61 Å². The van der Waals surface area contributed by atoms with E-state index >= 15 is 0 Å². The van der Waals surface area contributed by atoms with Crippen LogP contribution in [0.2, 0.25) is 0 Å². The van der Waals surface area contributed by atoms with Crippen LogP contribution in [0, 0.1) is 5.92 Å². The first kappa shape index (κ1) is 12.9. The van der Waals surface area contributed by atoms with Crippen molar-refractivity contribution >= 4 is 5.69 Å². The molecule has 2 fully saturated rings.